The predicted octanol–water partition coefficient (Wildman–Crippen LogP) is 3.39. The van der Waals surface area contributed by atoms with E-state index in [1.807, 2.05) is 13.0 Å². The van der Waals surface area contributed by atoms with Crippen LogP contribution in [0.5, 0.6) is 0 Å². The van der Waals surface area contributed by atoms with E-state index in [0.29, 0.717) is 10.9 Å². The molecule has 1 amide bonds. The van der Waals surface area contributed by atoms with Crippen molar-refractivity contribution in [1.29, 1.82) is 0 Å². The summed E-state index contributed by atoms with van der Waals surface area (Å²) in [5.41, 5.74) is 2.76. The van der Waals surface area contributed by atoms with Crippen molar-refractivity contribution in [2.75, 3.05) is 11.2 Å². The number of carbonyl (C=O) groups excluding carboxylic acids is 1. The molecule has 0 saturated heterocycles. The second kappa shape index (κ2) is 5.38. The third-order valence-electron chi connectivity index (χ3n) is 2.07. The van der Waals surface area contributed by atoms with Gasteiger partial charge >= 0.3 is 0 Å². The van der Waals surface area contributed by atoms with Crippen molar-refractivity contribution in [3.63, 3.8) is 0 Å². The number of amides is 1. The van der Waals surface area contributed by atoms with E-state index >= 15 is 0 Å². The van der Waals surface area contributed by atoms with E-state index in [4.69, 9.17) is 23.2 Å². The van der Waals surface area contributed by atoms with Crippen molar-refractivity contribution < 1.29 is 4.79 Å². The Labute approximate surface area is 99.6 Å². The van der Waals surface area contributed by atoms with Crippen LogP contribution in [0.2, 0.25) is 5.02 Å². The van der Waals surface area contributed by atoms with Crippen molar-refractivity contribution in [2.24, 2.45) is 0 Å². The zero-order valence-corrected chi connectivity index (χ0v) is 10.2. The van der Waals surface area contributed by atoms with Crippen LogP contribution in [0.25, 0.3) is 0 Å². The average Bonchev–Trinajstić information content (AvgIpc) is 2.13. The van der Waals surface area contributed by atoms with Crippen LogP contribution >= 0.6 is 23.2 Å². The number of hydrogen-bond donors (Lipinski definition) is 1. The van der Waals surface area contributed by atoms with Gasteiger partial charge in [-0.3, -0.25) is 4.79 Å². The third kappa shape index (κ3) is 3.40. The van der Waals surface area contributed by atoms with Gasteiger partial charge in [0.2, 0.25) is 5.91 Å². The molecule has 0 bridgehead atoms. The summed E-state index contributed by atoms with van der Waals surface area (Å²) in [5.74, 6) is 0.442. The van der Waals surface area contributed by atoms with Crippen LogP contribution in [0.3, 0.4) is 0 Å². The maximum atomic E-state index is 10.9. The molecule has 0 saturated carbocycles. The quantitative estimate of drug-likeness (QED) is 0.814. The molecule has 0 heterocycles. The Kier molecular flexibility index (Phi) is 4.43. The number of rotatable bonds is 3. The van der Waals surface area contributed by atoms with Crippen molar-refractivity contribution in [1.82, 2.24) is 0 Å². The summed E-state index contributed by atoms with van der Waals surface area (Å²) in [4.78, 5) is 10.9. The van der Waals surface area contributed by atoms with E-state index in [-0.39, 0.29) is 5.91 Å². The summed E-state index contributed by atoms with van der Waals surface area (Å²) in [7, 11) is 0. The van der Waals surface area contributed by atoms with Gasteiger partial charge in [0.25, 0.3) is 0 Å². The van der Waals surface area contributed by atoms with Gasteiger partial charge in [0.05, 0.1) is 0 Å². The van der Waals surface area contributed by atoms with Gasteiger partial charge in [-0.2, -0.15) is 0 Å². The molecule has 1 aromatic carbocycles. The van der Waals surface area contributed by atoms with Gasteiger partial charge in [-0.15, -0.1) is 11.6 Å². The maximum Gasteiger partial charge on any atom is 0.221 e. The van der Waals surface area contributed by atoms with Gasteiger partial charge in [0, 0.05) is 23.5 Å². The number of halogens is 2. The summed E-state index contributed by atoms with van der Waals surface area (Å²) >= 11 is 11.7. The van der Waals surface area contributed by atoms with E-state index in [0.717, 1.165) is 23.2 Å². The maximum absolute atomic E-state index is 10.9. The zero-order chi connectivity index (χ0) is 11.4. The smallest absolute Gasteiger partial charge is 0.221 e. The average molecular weight is 246 g/mol. The van der Waals surface area contributed by atoms with E-state index in [2.05, 4.69) is 5.32 Å². The van der Waals surface area contributed by atoms with Crippen LogP contribution in [0.1, 0.15) is 18.1 Å². The van der Waals surface area contributed by atoms with Gasteiger partial charge < -0.3 is 5.32 Å². The Hall–Kier alpha value is -0.730. The molecule has 0 spiro atoms. The highest BCUT2D eigenvalue weighted by Gasteiger charge is 2.06. The zero-order valence-electron chi connectivity index (χ0n) is 8.73. The van der Waals surface area contributed by atoms with Crippen LogP contribution < -0.4 is 5.32 Å². The molecule has 1 aromatic rings. The first kappa shape index (κ1) is 12.3. The molecule has 1 rings (SSSR count). The number of benzene rings is 1. The molecule has 0 radical (unpaired) electrons. The van der Waals surface area contributed by atoms with Gasteiger partial charge in [0.1, 0.15) is 0 Å². The molecule has 0 aliphatic carbocycles. The van der Waals surface area contributed by atoms with E-state index in [9.17, 15) is 4.79 Å². The van der Waals surface area contributed by atoms with Gasteiger partial charge in [-0.05, 0) is 30.5 Å². The van der Waals surface area contributed by atoms with Gasteiger partial charge in [-0.1, -0.05) is 17.7 Å². The lowest BCUT2D eigenvalue weighted by atomic mass is 10.1. The van der Waals surface area contributed by atoms with Crippen LogP contribution in [0.4, 0.5) is 5.69 Å². The highest BCUT2D eigenvalue weighted by molar-refractivity contribution is 6.31. The number of aryl methyl sites for hydroxylation is 2. The van der Waals surface area contributed by atoms with Crippen LogP contribution in [0, 0.1) is 6.92 Å². The Morgan fingerprint density at radius 2 is 2.13 bits per heavy atom. The Balaban J connectivity index is 3.02. The number of carbonyl (C=O) groups is 1. The predicted molar refractivity (Wildman–Crippen MR) is 64.9 cm³/mol. The lowest BCUT2D eigenvalue weighted by Gasteiger charge is -2.10. The standard InChI is InChI=1S/C11H13Cl2NO/c1-7-5-9(3-4-12)10(13)6-11(7)14-8(2)15/h5-6H,3-4H2,1-2H3,(H,14,15). The summed E-state index contributed by atoms with van der Waals surface area (Å²) in [6.45, 7) is 3.40. The van der Waals surface area contributed by atoms with Crippen LogP contribution in [0.15, 0.2) is 12.1 Å². The molecule has 0 aliphatic heterocycles. The monoisotopic (exact) mass is 245 g/mol. The SMILES string of the molecule is CC(=O)Nc1cc(Cl)c(CCCl)cc1C. The van der Waals surface area contributed by atoms with Gasteiger partial charge in [-0.25, -0.2) is 0 Å². The molecule has 0 fully saturated rings. The summed E-state index contributed by atoms with van der Waals surface area (Å²) < 4.78 is 0. The lowest BCUT2D eigenvalue weighted by molar-refractivity contribution is -0.114. The van der Waals surface area contributed by atoms with Crippen molar-refractivity contribution >= 4 is 34.8 Å². The molecule has 0 atom stereocenters. The first-order valence-electron chi connectivity index (χ1n) is 4.67. The number of anilines is 1. The van der Waals surface area contributed by atoms with Crippen LogP contribution in [-0.4, -0.2) is 11.8 Å². The topological polar surface area (TPSA) is 29.1 Å². The molecule has 0 unspecified atom stereocenters. The second-order valence-corrected chi connectivity index (χ2v) is 4.16. The Bertz CT molecular complexity index is 377. The van der Waals surface area contributed by atoms with Crippen molar-refractivity contribution in [3.05, 3.63) is 28.3 Å². The van der Waals surface area contributed by atoms with Crippen molar-refractivity contribution in [3.8, 4) is 0 Å². The Morgan fingerprint density at radius 3 is 2.67 bits per heavy atom. The molecule has 0 aromatic heterocycles. The molecule has 2 nitrogen and oxygen atoms in total. The van der Waals surface area contributed by atoms with Crippen LogP contribution in [-0.2, 0) is 11.2 Å². The fraction of sp³-hybridized carbons (Fsp3) is 0.364. The molecule has 4 heteroatoms. The third-order valence-corrected chi connectivity index (χ3v) is 2.61. The first-order valence-corrected chi connectivity index (χ1v) is 5.58. The highest BCUT2D eigenvalue weighted by atomic mass is 35.5. The second-order valence-electron chi connectivity index (χ2n) is 3.38. The summed E-state index contributed by atoms with van der Waals surface area (Å²) in [6, 6.07) is 3.72. The molecule has 1 N–H and O–H groups in total. The number of nitrogens with one attached hydrogen (secondary N) is 1. The minimum absolute atomic E-state index is 0.0979. The molecular formula is C11H13Cl2NO. The lowest BCUT2D eigenvalue weighted by Crippen LogP contribution is -2.07. The molecule has 15 heavy (non-hydrogen) atoms. The fourth-order valence-corrected chi connectivity index (χ4v) is 1.82. The molecule has 82 valence electrons. The number of hydrogen-bond acceptors (Lipinski definition) is 1. The Morgan fingerprint density at radius 1 is 1.47 bits per heavy atom. The molecule has 0 aliphatic rings. The normalized spacial score (nSPS) is 10.1. The van der Waals surface area contributed by atoms with Crippen molar-refractivity contribution in [2.45, 2.75) is 20.3 Å². The number of alkyl halides is 1. The first-order chi connectivity index (χ1) is 7.04. The van der Waals surface area contributed by atoms with E-state index < -0.39 is 0 Å². The highest BCUT2D eigenvalue weighted by Crippen LogP contribution is 2.25. The summed E-state index contributed by atoms with van der Waals surface area (Å²) in [5, 5.41) is 3.37. The molecular weight excluding hydrogens is 233 g/mol. The van der Waals surface area contributed by atoms with E-state index in [1.54, 1.807) is 6.07 Å². The largest absolute Gasteiger partial charge is 0.326 e. The summed E-state index contributed by atoms with van der Waals surface area (Å²) in [6.07, 6.45) is 0.738. The minimum atomic E-state index is -0.0979. The van der Waals surface area contributed by atoms with E-state index in [1.165, 1.54) is 6.92 Å². The van der Waals surface area contributed by atoms with Gasteiger partial charge in [0.15, 0.2) is 0 Å². The fourth-order valence-electron chi connectivity index (χ4n) is 1.36. The minimum Gasteiger partial charge on any atom is -0.326 e.